The first kappa shape index (κ1) is 10.2. The molecule has 1 aromatic carbocycles. The van der Waals surface area contributed by atoms with Gasteiger partial charge in [-0.15, -0.1) is 0 Å². The summed E-state index contributed by atoms with van der Waals surface area (Å²) in [5.41, 5.74) is 10.5. The molecule has 1 aromatic rings. The number of fused-ring (bicyclic) bond motifs is 1. The summed E-state index contributed by atoms with van der Waals surface area (Å²) in [5.74, 6) is 1.07. The van der Waals surface area contributed by atoms with Crippen molar-refractivity contribution in [3.63, 3.8) is 0 Å². The molecule has 0 saturated heterocycles. The van der Waals surface area contributed by atoms with E-state index in [1.807, 2.05) is 18.2 Å². The van der Waals surface area contributed by atoms with Gasteiger partial charge in [-0.3, -0.25) is 0 Å². The van der Waals surface area contributed by atoms with Gasteiger partial charge in [-0.05, 0) is 0 Å². The molecule has 1 heterocycles. The van der Waals surface area contributed by atoms with Gasteiger partial charge in [-0.25, -0.2) is 0 Å². The summed E-state index contributed by atoms with van der Waals surface area (Å²) in [6, 6.07) is 8.05. The number of hydrogen-bond acceptors (Lipinski definition) is 3. The number of nitrogens with zero attached hydrogens (tertiary/aromatic N) is 2. The molecule has 0 aliphatic carbocycles. The Bertz CT molecular complexity index is 435. The Morgan fingerprint density at radius 2 is 2.27 bits per heavy atom. The first-order valence-corrected chi connectivity index (χ1v) is 5.48. The van der Waals surface area contributed by atoms with Crippen LogP contribution in [0.3, 0.4) is 0 Å². The fraction of sp³-hybridized carbons (Fsp3) is 0.200. The van der Waals surface area contributed by atoms with E-state index in [1.54, 1.807) is 0 Å². The molecule has 1 atom stereocenters. The Morgan fingerprint density at radius 1 is 1.53 bits per heavy atom. The van der Waals surface area contributed by atoms with Crippen LogP contribution in [0.2, 0.25) is 0 Å². The van der Waals surface area contributed by atoms with Gasteiger partial charge in [-0.2, -0.15) is 0 Å². The molecule has 5 heteroatoms. The summed E-state index contributed by atoms with van der Waals surface area (Å²) in [5, 5.41) is 3.90. The van der Waals surface area contributed by atoms with Crippen molar-refractivity contribution in [3.8, 4) is 0 Å². The van der Waals surface area contributed by atoms with Crippen molar-refractivity contribution in [2.45, 2.75) is 12.8 Å². The Hall–Kier alpha value is -1.32. The quantitative estimate of drug-likeness (QED) is 0.342. The van der Waals surface area contributed by atoms with Gasteiger partial charge in [0.25, 0.3) is 0 Å². The van der Waals surface area contributed by atoms with Crippen LogP contribution in [0.25, 0.3) is 0 Å². The van der Waals surface area contributed by atoms with Crippen LogP contribution in [-0.4, -0.2) is 26.6 Å². The van der Waals surface area contributed by atoms with E-state index in [4.69, 9.17) is 5.73 Å². The Labute approximate surface area is 96.5 Å². The van der Waals surface area contributed by atoms with Gasteiger partial charge in [0.05, 0.1) is 0 Å². The molecular formula is C10H11N4Se. The summed E-state index contributed by atoms with van der Waals surface area (Å²) in [6.07, 6.45) is 0. The summed E-state index contributed by atoms with van der Waals surface area (Å²) in [7, 11) is 0. The predicted octanol–water partition coefficient (Wildman–Crippen LogP) is 0.822. The van der Waals surface area contributed by atoms with E-state index in [9.17, 15) is 0 Å². The molecule has 0 saturated carbocycles. The van der Waals surface area contributed by atoms with Crippen molar-refractivity contribution in [1.29, 1.82) is 0 Å². The van der Waals surface area contributed by atoms with Gasteiger partial charge in [0.1, 0.15) is 0 Å². The topological polar surface area (TPSA) is 62.8 Å². The maximum atomic E-state index is 5.40. The normalized spacial score (nSPS) is 19.7. The van der Waals surface area contributed by atoms with Crippen molar-refractivity contribution >= 4 is 32.3 Å². The first-order chi connectivity index (χ1) is 7.18. The van der Waals surface area contributed by atoms with Crippen molar-refractivity contribution < 1.29 is 0 Å². The predicted molar refractivity (Wildman–Crippen MR) is 62.5 cm³/mol. The monoisotopic (exact) mass is 267 g/mol. The standard InChI is InChI=1S/C10H11N4Se/c1-6-7-4-2-3-5-8(7)12-9(6)13-14-10(11)15/h2-6H,1H3,(H2,11,14)(H,12,13). The number of amidine groups is 2. The number of aliphatic imine (C=N–C) groups is 1. The molecule has 2 rings (SSSR count). The summed E-state index contributed by atoms with van der Waals surface area (Å²) >= 11 is 2.61. The number of para-hydroxylation sites is 1. The molecule has 15 heavy (non-hydrogen) atoms. The first-order valence-electron chi connectivity index (χ1n) is 4.62. The fourth-order valence-corrected chi connectivity index (χ4v) is 1.66. The molecular weight excluding hydrogens is 255 g/mol. The Kier molecular flexibility index (Phi) is 2.75. The summed E-state index contributed by atoms with van der Waals surface area (Å²) < 4.78 is 0.376. The van der Waals surface area contributed by atoms with Crippen LogP contribution >= 0.6 is 0 Å². The molecule has 0 spiro atoms. The fourth-order valence-electron chi connectivity index (χ4n) is 1.56. The van der Waals surface area contributed by atoms with Gasteiger partial charge >= 0.3 is 96.2 Å². The number of nitrogens with two attached hydrogens (primary N) is 1. The Balaban J connectivity index is 2.23. The van der Waals surface area contributed by atoms with Crippen LogP contribution in [0.1, 0.15) is 18.4 Å². The molecule has 0 aromatic heterocycles. The molecule has 0 amide bonds. The molecule has 1 radical (unpaired) electrons. The summed E-state index contributed by atoms with van der Waals surface area (Å²) in [4.78, 5) is 4.43. The van der Waals surface area contributed by atoms with Crippen LogP contribution in [0.15, 0.2) is 34.4 Å². The van der Waals surface area contributed by atoms with E-state index in [0.29, 0.717) is 4.73 Å². The third-order valence-corrected chi connectivity index (χ3v) is 2.53. The second-order valence-corrected chi connectivity index (χ2v) is 4.22. The van der Waals surface area contributed by atoms with E-state index in [2.05, 4.69) is 44.5 Å². The molecule has 0 bridgehead atoms. The molecule has 4 nitrogen and oxygen atoms in total. The van der Waals surface area contributed by atoms with Crippen molar-refractivity contribution in [3.05, 3.63) is 29.8 Å². The van der Waals surface area contributed by atoms with Crippen molar-refractivity contribution in [1.82, 2.24) is 5.43 Å². The van der Waals surface area contributed by atoms with Gasteiger partial charge in [0, 0.05) is 0 Å². The number of hydrogen-bond donors (Lipinski definition) is 2. The number of benzene rings is 1. The minimum absolute atomic E-state index is 0.240. The number of nitrogens with one attached hydrogen (secondary N) is 1. The number of rotatable bonds is 1. The minimum atomic E-state index is 0.240. The molecule has 1 aliphatic heterocycles. The second-order valence-electron chi connectivity index (χ2n) is 3.34. The van der Waals surface area contributed by atoms with Gasteiger partial charge < -0.3 is 0 Å². The maximum absolute atomic E-state index is 5.40. The van der Waals surface area contributed by atoms with E-state index in [1.165, 1.54) is 5.56 Å². The molecule has 1 unspecified atom stereocenters. The van der Waals surface area contributed by atoms with Crippen LogP contribution in [0.4, 0.5) is 5.69 Å². The van der Waals surface area contributed by atoms with E-state index < -0.39 is 0 Å². The molecule has 77 valence electrons. The SMILES string of the molecule is CC1C(N/N=C(/N)[Se])=Nc2ccccc21. The average Bonchev–Trinajstić information content (AvgIpc) is 2.54. The van der Waals surface area contributed by atoms with Gasteiger partial charge in [-0.1, -0.05) is 0 Å². The van der Waals surface area contributed by atoms with Crippen LogP contribution < -0.4 is 11.2 Å². The number of hydrazone groups is 1. The van der Waals surface area contributed by atoms with Crippen molar-refractivity contribution in [2.24, 2.45) is 15.8 Å². The van der Waals surface area contributed by atoms with Crippen LogP contribution in [0.5, 0.6) is 0 Å². The average molecular weight is 266 g/mol. The summed E-state index contributed by atoms with van der Waals surface area (Å²) in [6.45, 7) is 2.09. The van der Waals surface area contributed by atoms with Crippen LogP contribution in [-0.2, 0) is 0 Å². The molecule has 0 fully saturated rings. The van der Waals surface area contributed by atoms with E-state index >= 15 is 0 Å². The molecule has 3 N–H and O–H groups in total. The zero-order chi connectivity index (χ0) is 10.8. The van der Waals surface area contributed by atoms with Gasteiger partial charge in [0.2, 0.25) is 0 Å². The van der Waals surface area contributed by atoms with Gasteiger partial charge in [0.15, 0.2) is 0 Å². The zero-order valence-electron chi connectivity index (χ0n) is 8.27. The van der Waals surface area contributed by atoms with E-state index in [-0.39, 0.29) is 5.92 Å². The molecule has 1 aliphatic rings. The zero-order valence-corrected chi connectivity index (χ0v) is 9.98. The second kappa shape index (κ2) is 4.04. The third kappa shape index (κ3) is 2.03. The van der Waals surface area contributed by atoms with E-state index in [0.717, 1.165) is 11.5 Å². The van der Waals surface area contributed by atoms with Crippen molar-refractivity contribution in [2.75, 3.05) is 0 Å². The van der Waals surface area contributed by atoms with Crippen LogP contribution in [0, 0.1) is 0 Å². The Morgan fingerprint density at radius 3 is 2.93 bits per heavy atom. The third-order valence-electron chi connectivity index (χ3n) is 2.33.